The Balaban J connectivity index is 1.36. The molecule has 0 radical (unpaired) electrons. The predicted octanol–water partition coefficient (Wildman–Crippen LogP) is 6.86. The molecule has 0 bridgehead atoms. The molecule has 0 N–H and O–H groups in total. The van der Waals surface area contributed by atoms with Crippen LogP contribution in [0.25, 0.3) is 10.9 Å². The molecule has 6 rings (SSSR count). The maximum atomic E-state index is 6.87. The van der Waals surface area contributed by atoms with Gasteiger partial charge in [-0.25, -0.2) is 0 Å². The van der Waals surface area contributed by atoms with Crippen LogP contribution in [0.3, 0.4) is 0 Å². The summed E-state index contributed by atoms with van der Waals surface area (Å²) in [7, 11) is 3.12. The Morgan fingerprint density at radius 1 is 0.711 bits per heavy atom. The number of fused-ring (bicyclic) bond motifs is 1. The first kappa shape index (κ1) is 30.7. The summed E-state index contributed by atoms with van der Waals surface area (Å²) < 4.78 is 37.6. The molecule has 4 aromatic carbocycles. The average molecular weight is 607 g/mol. The summed E-state index contributed by atoms with van der Waals surface area (Å²) in [6.07, 6.45) is -1.36. The van der Waals surface area contributed by atoms with Crippen molar-refractivity contribution in [3.8, 4) is 11.9 Å². The number of aromatic nitrogens is 2. The lowest BCUT2D eigenvalue weighted by atomic mass is 9.87. The molecule has 1 aliphatic rings. The van der Waals surface area contributed by atoms with Crippen LogP contribution in [-0.2, 0) is 38.8 Å². The van der Waals surface area contributed by atoms with Crippen LogP contribution in [0.1, 0.15) is 35.3 Å². The van der Waals surface area contributed by atoms with E-state index in [-0.39, 0.29) is 6.01 Å². The molecule has 232 valence electrons. The molecule has 1 fully saturated rings. The molecule has 8 nitrogen and oxygen atoms in total. The number of methoxy groups -OCH3 is 2. The van der Waals surface area contributed by atoms with Crippen LogP contribution in [-0.4, -0.2) is 48.6 Å². The van der Waals surface area contributed by atoms with Crippen LogP contribution in [0.5, 0.6) is 11.9 Å². The Labute approximate surface area is 263 Å². The molecular formula is C37H38N2O6. The van der Waals surface area contributed by atoms with Gasteiger partial charge in [-0.2, -0.15) is 9.97 Å². The molecule has 45 heavy (non-hydrogen) atoms. The van der Waals surface area contributed by atoms with E-state index in [1.54, 1.807) is 7.11 Å². The van der Waals surface area contributed by atoms with Gasteiger partial charge in [-0.05, 0) is 41.3 Å². The Morgan fingerprint density at radius 3 is 1.96 bits per heavy atom. The number of hydrogen-bond donors (Lipinski definition) is 0. The summed E-state index contributed by atoms with van der Waals surface area (Å²) >= 11 is 0. The lowest BCUT2D eigenvalue weighted by molar-refractivity contribution is -0.147. The van der Waals surface area contributed by atoms with Crippen LogP contribution < -0.4 is 9.47 Å². The van der Waals surface area contributed by atoms with Crippen molar-refractivity contribution in [3.63, 3.8) is 0 Å². The van der Waals surface area contributed by atoms with E-state index in [1.807, 2.05) is 84.9 Å². The second-order valence-corrected chi connectivity index (χ2v) is 11.2. The van der Waals surface area contributed by atoms with Crippen LogP contribution in [0.2, 0.25) is 0 Å². The molecule has 0 amide bonds. The van der Waals surface area contributed by atoms with Crippen molar-refractivity contribution in [2.75, 3.05) is 20.8 Å². The van der Waals surface area contributed by atoms with Gasteiger partial charge in [-0.3, -0.25) is 0 Å². The molecule has 8 heteroatoms. The van der Waals surface area contributed by atoms with E-state index in [1.165, 1.54) is 7.11 Å². The fourth-order valence-electron chi connectivity index (χ4n) is 5.81. The largest absolute Gasteiger partial charge is 0.480 e. The molecule has 0 spiro atoms. The minimum Gasteiger partial charge on any atom is -0.480 e. The Bertz CT molecular complexity index is 1670. The highest BCUT2D eigenvalue weighted by atomic mass is 16.6. The van der Waals surface area contributed by atoms with Gasteiger partial charge in [-0.15, -0.1) is 0 Å². The molecule has 1 aromatic heterocycles. The summed E-state index contributed by atoms with van der Waals surface area (Å²) in [5.41, 5.74) is 3.89. The minimum atomic E-state index is -0.889. The Kier molecular flexibility index (Phi) is 9.66. The average Bonchev–Trinajstić information content (AvgIpc) is 3.37. The first-order chi connectivity index (χ1) is 22.1. The molecule has 1 aliphatic heterocycles. The highest BCUT2D eigenvalue weighted by Crippen LogP contribution is 2.47. The van der Waals surface area contributed by atoms with E-state index in [2.05, 4.69) is 41.2 Å². The fourth-order valence-corrected chi connectivity index (χ4v) is 5.81. The first-order valence-corrected chi connectivity index (χ1v) is 15.1. The van der Waals surface area contributed by atoms with Crippen LogP contribution in [0, 0.1) is 0 Å². The molecule has 1 saturated heterocycles. The fraction of sp³-hybridized carbons (Fsp3) is 0.297. The van der Waals surface area contributed by atoms with Gasteiger partial charge in [0.15, 0.2) is 0 Å². The molecule has 4 atom stereocenters. The smallest absolute Gasteiger partial charge is 0.320 e. The van der Waals surface area contributed by atoms with Gasteiger partial charge in [0, 0.05) is 0 Å². The lowest BCUT2D eigenvalue weighted by Crippen LogP contribution is -2.47. The molecule has 5 aromatic rings. The second-order valence-electron chi connectivity index (χ2n) is 11.2. The molecule has 1 unspecified atom stereocenters. The van der Waals surface area contributed by atoms with Gasteiger partial charge in [0.2, 0.25) is 5.88 Å². The third kappa shape index (κ3) is 7.00. The van der Waals surface area contributed by atoms with Gasteiger partial charge in [-0.1, -0.05) is 97.1 Å². The number of benzene rings is 4. The maximum absolute atomic E-state index is 6.87. The van der Waals surface area contributed by atoms with E-state index in [0.29, 0.717) is 37.8 Å². The van der Waals surface area contributed by atoms with Gasteiger partial charge in [0.1, 0.15) is 23.9 Å². The SMILES string of the molecule is COc1nc(OC)c2ccc(C3O[C@H](COCc4ccccc4)[C@@H](OCc4ccccc4)[C@@]3(C)OCc3ccccc3)cc2n1. The van der Waals surface area contributed by atoms with Gasteiger partial charge in [0.25, 0.3) is 0 Å². The summed E-state index contributed by atoms with van der Waals surface area (Å²) in [6, 6.07) is 36.5. The summed E-state index contributed by atoms with van der Waals surface area (Å²) in [5.74, 6) is 0.440. The van der Waals surface area contributed by atoms with E-state index in [0.717, 1.165) is 27.6 Å². The number of nitrogens with zero attached hydrogens (tertiary/aromatic N) is 2. The molecule has 2 heterocycles. The van der Waals surface area contributed by atoms with E-state index in [9.17, 15) is 0 Å². The zero-order chi connectivity index (χ0) is 31.1. The van der Waals surface area contributed by atoms with E-state index in [4.69, 9.17) is 28.4 Å². The van der Waals surface area contributed by atoms with Crippen molar-refractivity contribution < 1.29 is 28.4 Å². The Morgan fingerprint density at radius 2 is 1.33 bits per heavy atom. The standard InChI is InChI=1S/C37H38N2O6/c1-37(44-24-28-17-11-6-12-18-28)33(29-19-20-30-31(21-29)38-36(41-3)39-35(30)40-2)45-32(25-42-22-26-13-7-4-8-14-26)34(37)43-23-27-15-9-5-10-16-27/h4-21,32-34H,22-25H2,1-3H3/t32-,33?,34-,37+/m1/s1. The van der Waals surface area contributed by atoms with Crippen molar-refractivity contribution in [1.82, 2.24) is 9.97 Å². The molecule has 0 aliphatic carbocycles. The van der Waals surface area contributed by atoms with Crippen molar-refractivity contribution in [3.05, 3.63) is 131 Å². The normalized spacial score (nSPS) is 21.2. The molecular weight excluding hydrogens is 568 g/mol. The van der Waals surface area contributed by atoms with Crippen LogP contribution >= 0.6 is 0 Å². The monoisotopic (exact) mass is 606 g/mol. The third-order valence-corrected chi connectivity index (χ3v) is 8.14. The number of ether oxygens (including phenoxy) is 6. The van der Waals surface area contributed by atoms with Crippen LogP contribution in [0.15, 0.2) is 109 Å². The van der Waals surface area contributed by atoms with Crippen molar-refractivity contribution in [2.24, 2.45) is 0 Å². The molecule has 0 saturated carbocycles. The topological polar surface area (TPSA) is 81.2 Å². The van der Waals surface area contributed by atoms with E-state index >= 15 is 0 Å². The third-order valence-electron chi connectivity index (χ3n) is 8.14. The Hall–Kier alpha value is -4.34. The zero-order valence-electron chi connectivity index (χ0n) is 25.8. The second kappa shape index (κ2) is 14.2. The van der Waals surface area contributed by atoms with Crippen molar-refractivity contribution in [2.45, 2.75) is 50.7 Å². The summed E-state index contributed by atoms with van der Waals surface area (Å²) in [5, 5.41) is 0.770. The minimum absolute atomic E-state index is 0.225. The quantitative estimate of drug-likeness (QED) is 0.144. The van der Waals surface area contributed by atoms with Crippen LogP contribution in [0.4, 0.5) is 0 Å². The van der Waals surface area contributed by atoms with Crippen molar-refractivity contribution >= 4 is 10.9 Å². The van der Waals surface area contributed by atoms with Gasteiger partial charge in [0.05, 0.1) is 51.6 Å². The summed E-state index contributed by atoms with van der Waals surface area (Å²) in [6.45, 7) is 3.65. The summed E-state index contributed by atoms with van der Waals surface area (Å²) in [4.78, 5) is 8.95. The predicted molar refractivity (Wildman–Crippen MR) is 171 cm³/mol. The highest BCUT2D eigenvalue weighted by Gasteiger charge is 2.56. The van der Waals surface area contributed by atoms with Gasteiger partial charge >= 0.3 is 6.01 Å². The van der Waals surface area contributed by atoms with E-state index < -0.39 is 23.9 Å². The lowest BCUT2D eigenvalue weighted by Gasteiger charge is -2.36. The first-order valence-electron chi connectivity index (χ1n) is 15.1. The zero-order valence-corrected chi connectivity index (χ0v) is 25.8. The van der Waals surface area contributed by atoms with Crippen molar-refractivity contribution in [1.29, 1.82) is 0 Å². The maximum Gasteiger partial charge on any atom is 0.320 e. The number of rotatable bonds is 13. The highest BCUT2D eigenvalue weighted by molar-refractivity contribution is 5.84. The van der Waals surface area contributed by atoms with Gasteiger partial charge < -0.3 is 28.4 Å². The number of hydrogen-bond acceptors (Lipinski definition) is 8.